The van der Waals surface area contributed by atoms with Gasteiger partial charge in [0.05, 0.1) is 32.5 Å². The van der Waals surface area contributed by atoms with Crippen LogP contribution in [0.2, 0.25) is 0 Å². The van der Waals surface area contributed by atoms with Crippen LogP contribution in [0.25, 0.3) is 23.3 Å². The van der Waals surface area contributed by atoms with Crippen LogP contribution in [0.3, 0.4) is 0 Å². The van der Waals surface area contributed by atoms with Crippen LogP contribution in [0.4, 0.5) is 5.69 Å². The molecule has 9 nitrogen and oxygen atoms in total. The molecule has 41 heavy (non-hydrogen) atoms. The maximum absolute atomic E-state index is 11.9. The molecule has 214 valence electrons. The monoisotopic (exact) mass is 642 g/mol. The van der Waals surface area contributed by atoms with Crippen molar-refractivity contribution in [1.82, 2.24) is 0 Å². The zero-order valence-corrected chi connectivity index (χ0v) is 29.3. The predicted molar refractivity (Wildman–Crippen MR) is 156 cm³/mol. The third-order valence-corrected chi connectivity index (χ3v) is 9.25. The van der Waals surface area contributed by atoms with Crippen LogP contribution in [0.15, 0.2) is 56.8 Å². The largest absolute Gasteiger partial charge is 1.00 e. The van der Waals surface area contributed by atoms with E-state index in [-0.39, 0.29) is 63.7 Å². The maximum Gasteiger partial charge on any atom is 1.00 e. The van der Waals surface area contributed by atoms with E-state index in [2.05, 4.69) is 12.6 Å². The van der Waals surface area contributed by atoms with Gasteiger partial charge in [0.25, 0.3) is 5.52 Å². The number of rotatable bonds is 10. The molecule has 0 aliphatic carbocycles. The van der Waals surface area contributed by atoms with Crippen molar-refractivity contribution in [2.45, 2.75) is 51.3 Å². The van der Waals surface area contributed by atoms with Crippen LogP contribution in [0.1, 0.15) is 47.9 Å². The van der Waals surface area contributed by atoms with Crippen molar-refractivity contribution in [1.29, 1.82) is 0 Å². The van der Waals surface area contributed by atoms with Crippen molar-refractivity contribution in [3.63, 3.8) is 0 Å². The SMILES string of the molecule is C=Cc1c(C)ccc2oc(/C=C(\C=C3\Sc4cc(C)c(C)cc4N3CCCS(=O)(=O)[O-])CC)[n+](CS(=O)(=O)[O-])c12.[K+]. The van der Waals surface area contributed by atoms with Gasteiger partial charge >= 0.3 is 57.3 Å². The number of oxazole rings is 1. The summed E-state index contributed by atoms with van der Waals surface area (Å²) >= 11 is 1.53. The first-order valence-corrected chi connectivity index (χ1v) is 16.6. The molecular formula is C28H31KN2O7S3. The Morgan fingerprint density at radius 3 is 2.37 bits per heavy atom. The minimum absolute atomic E-state index is 0. The summed E-state index contributed by atoms with van der Waals surface area (Å²) in [6.45, 7) is 12.0. The van der Waals surface area contributed by atoms with Crippen molar-refractivity contribution in [3.8, 4) is 0 Å². The number of aromatic nitrogens is 1. The molecule has 2 aromatic carbocycles. The van der Waals surface area contributed by atoms with Gasteiger partial charge < -0.3 is 18.4 Å². The number of anilines is 1. The standard InChI is InChI=1S/C28H32N2O7S3.K/c1-6-21(15-26-30(17-40(34,35)36)28-22(7-2)18(3)9-10-24(28)37-26)16-27-29(11-8-12-39(31,32)33)23-13-19(4)20(5)14-25(23)38-27;/h7,9-10,13-16H,2,6,8,11-12,17H2,1,3-5H3,(H-,31,32,33,34,35,36);/q;+1/p-1. The van der Waals surface area contributed by atoms with Gasteiger partial charge in [0.15, 0.2) is 10.1 Å². The van der Waals surface area contributed by atoms with Gasteiger partial charge in [-0.25, -0.2) is 16.8 Å². The van der Waals surface area contributed by atoms with Crippen LogP contribution in [0.5, 0.6) is 0 Å². The Bertz CT molecular complexity index is 1780. The topological polar surface area (TPSA) is 135 Å². The number of nitrogens with zero attached hydrogens (tertiary/aromatic N) is 2. The molecule has 4 rings (SSSR count). The van der Waals surface area contributed by atoms with Crippen LogP contribution < -0.4 is 60.9 Å². The molecule has 13 heteroatoms. The first kappa shape index (κ1) is 34.2. The minimum Gasteiger partial charge on any atom is -0.748 e. The second-order valence-corrected chi connectivity index (χ2v) is 13.7. The van der Waals surface area contributed by atoms with E-state index in [1.54, 1.807) is 18.2 Å². The van der Waals surface area contributed by atoms with E-state index >= 15 is 0 Å². The van der Waals surface area contributed by atoms with Crippen molar-refractivity contribution in [3.05, 3.63) is 75.7 Å². The fourth-order valence-electron chi connectivity index (χ4n) is 4.63. The van der Waals surface area contributed by atoms with Gasteiger partial charge in [0.2, 0.25) is 11.5 Å². The van der Waals surface area contributed by atoms with Gasteiger partial charge in [-0.2, -0.15) is 0 Å². The third-order valence-electron chi connectivity index (χ3n) is 6.79. The van der Waals surface area contributed by atoms with Crippen LogP contribution in [-0.2, 0) is 26.1 Å². The molecule has 1 aromatic heterocycles. The second-order valence-electron chi connectivity index (χ2n) is 9.73. The molecule has 0 amide bonds. The van der Waals surface area contributed by atoms with Crippen molar-refractivity contribution < 1.29 is 86.3 Å². The Kier molecular flexibility index (Phi) is 11.3. The summed E-state index contributed by atoms with van der Waals surface area (Å²) < 4.78 is 76.7. The molecule has 3 aromatic rings. The number of hydrogen-bond donors (Lipinski definition) is 0. The first-order chi connectivity index (χ1) is 18.7. The number of benzene rings is 2. The normalized spacial score (nSPS) is 14.9. The molecular weight excluding hydrogens is 612 g/mol. The zero-order chi connectivity index (χ0) is 29.4. The Labute approximate surface area is 288 Å². The van der Waals surface area contributed by atoms with Crippen LogP contribution in [-0.4, -0.2) is 38.2 Å². The second kappa shape index (κ2) is 13.6. The predicted octanol–water partition coefficient (Wildman–Crippen LogP) is 1.98. The fourth-order valence-corrected chi connectivity index (χ4v) is 6.93. The van der Waals surface area contributed by atoms with Gasteiger partial charge in [-0.3, -0.25) is 0 Å². The molecule has 0 unspecified atom stereocenters. The molecule has 0 atom stereocenters. The number of fused-ring (bicyclic) bond motifs is 2. The summed E-state index contributed by atoms with van der Waals surface area (Å²) in [5.74, 6) is -1.07. The van der Waals surface area contributed by atoms with E-state index in [1.165, 1.54) is 16.3 Å². The third kappa shape index (κ3) is 8.22. The van der Waals surface area contributed by atoms with E-state index in [0.29, 0.717) is 29.6 Å². The number of thioether (sulfide) groups is 1. The Morgan fingerprint density at radius 2 is 1.76 bits per heavy atom. The van der Waals surface area contributed by atoms with E-state index < -0.39 is 31.9 Å². The number of allylic oxidation sites excluding steroid dienone is 2. The summed E-state index contributed by atoms with van der Waals surface area (Å²) in [6, 6.07) is 7.69. The maximum atomic E-state index is 11.9. The van der Waals surface area contributed by atoms with Gasteiger partial charge in [0, 0.05) is 17.2 Å². The molecule has 0 N–H and O–H groups in total. The molecule has 0 saturated heterocycles. The molecule has 1 aliphatic rings. The zero-order valence-electron chi connectivity index (χ0n) is 23.8. The van der Waals surface area contributed by atoms with Gasteiger partial charge in [-0.15, -0.1) is 4.57 Å². The molecule has 1 aliphatic heterocycles. The van der Waals surface area contributed by atoms with Gasteiger partial charge in [-0.1, -0.05) is 37.4 Å². The quantitative estimate of drug-likeness (QED) is 0.185. The smallest absolute Gasteiger partial charge is 0.748 e. The summed E-state index contributed by atoms with van der Waals surface area (Å²) in [5, 5.41) is 0.832. The van der Waals surface area contributed by atoms with Gasteiger partial charge in [-0.05, 0) is 80.2 Å². The Balaban J connectivity index is 0.00000462. The summed E-state index contributed by atoms with van der Waals surface area (Å²) in [4.78, 5) is 3.01. The van der Waals surface area contributed by atoms with E-state index in [0.717, 1.165) is 37.9 Å². The first-order valence-electron chi connectivity index (χ1n) is 12.6. The molecule has 0 radical (unpaired) electrons. The summed E-state index contributed by atoms with van der Waals surface area (Å²) in [5.41, 5.74) is 6.35. The molecule has 0 fully saturated rings. The van der Waals surface area contributed by atoms with Crippen molar-refractivity contribution >= 4 is 60.9 Å². The number of aryl methyl sites for hydroxylation is 3. The average molecular weight is 643 g/mol. The molecule has 0 saturated carbocycles. The molecule has 2 heterocycles. The minimum atomic E-state index is -4.65. The average Bonchev–Trinajstić information content (AvgIpc) is 3.34. The van der Waals surface area contributed by atoms with Crippen LogP contribution >= 0.6 is 11.8 Å². The van der Waals surface area contributed by atoms with Crippen molar-refractivity contribution in [2.24, 2.45) is 0 Å². The van der Waals surface area contributed by atoms with E-state index in [9.17, 15) is 25.9 Å². The molecule has 0 bridgehead atoms. The fraction of sp³-hybridized carbons (Fsp3) is 0.321. The van der Waals surface area contributed by atoms with E-state index in [1.807, 2.05) is 50.8 Å². The van der Waals surface area contributed by atoms with Crippen LogP contribution in [0, 0.1) is 20.8 Å². The number of hydrogen-bond acceptors (Lipinski definition) is 9. The van der Waals surface area contributed by atoms with Crippen molar-refractivity contribution in [2.75, 3.05) is 17.2 Å². The summed E-state index contributed by atoms with van der Waals surface area (Å²) in [6.07, 6.45) is 5.96. The van der Waals surface area contributed by atoms with Gasteiger partial charge in [0.1, 0.15) is 0 Å². The Hall–Kier alpha value is -1.26. The summed E-state index contributed by atoms with van der Waals surface area (Å²) in [7, 11) is -9.00. The van der Waals surface area contributed by atoms with E-state index in [4.69, 9.17) is 4.42 Å². The molecule has 0 spiro atoms. The Morgan fingerprint density at radius 1 is 1.07 bits per heavy atom.